The number of thioether (sulfide) groups is 1. The number of hydrogen-bond acceptors (Lipinski definition) is 8. The van der Waals surface area contributed by atoms with E-state index in [4.69, 9.17) is 4.42 Å². The molecule has 146 valence electrons. The minimum atomic E-state index is -0.510. The summed E-state index contributed by atoms with van der Waals surface area (Å²) < 4.78 is 6.67. The molecular weight excluding hydrogens is 400 g/mol. The second-order valence-corrected chi connectivity index (χ2v) is 9.21. The van der Waals surface area contributed by atoms with Gasteiger partial charge in [0.05, 0.1) is 27.3 Å². The molecule has 1 aromatic carbocycles. The second-order valence-electron chi connectivity index (χ2n) is 6.90. The van der Waals surface area contributed by atoms with E-state index >= 15 is 0 Å². The molecule has 0 aliphatic rings. The third-order valence-electron chi connectivity index (χ3n) is 3.68. The van der Waals surface area contributed by atoms with E-state index in [0.717, 1.165) is 9.97 Å². The quantitative estimate of drug-likeness (QED) is 0.345. The number of nitro benzene ring substituents is 1. The highest BCUT2D eigenvalue weighted by Crippen LogP contribution is 2.32. The molecule has 0 aliphatic carbocycles. The van der Waals surface area contributed by atoms with E-state index in [1.807, 2.05) is 0 Å². The predicted octanol–water partition coefficient (Wildman–Crippen LogP) is 4.88. The Morgan fingerprint density at radius 1 is 1.25 bits per heavy atom. The number of nitrogens with one attached hydrogen (secondary N) is 1. The molecule has 0 bridgehead atoms. The summed E-state index contributed by atoms with van der Waals surface area (Å²) in [5.41, 5.74) is 0.172. The Hall–Kier alpha value is -2.72. The summed E-state index contributed by atoms with van der Waals surface area (Å²) in [6.07, 6.45) is 3.42. The van der Waals surface area contributed by atoms with Gasteiger partial charge in [-0.2, -0.15) is 0 Å². The van der Waals surface area contributed by atoms with Crippen molar-refractivity contribution in [2.24, 2.45) is 0 Å². The highest BCUT2D eigenvalue weighted by Gasteiger charge is 2.19. The number of aromatic nitrogens is 2. The topological polar surface area (TPSA) is 111 Å². The summed E-state index contributed by atoms with van der Waals surface area (Å²) in [7, 11) is 0. The highest BCUT2D eigenvalue weighted by molar-refractivity contribution is 8.00. The number of thiazole rings is 1. The van der Waals surface area contributed by atoms with Gasteiger partial charge in [0.2, 0.25) is 5.89 Å². The van der Waals surface area contributed by atoms with E-state index in [2.05, 4.69) is 36.1 Å². The zero-order valence-corrected chi connectivity index (χ0v) is 17.1. The Kier molecular flexibility index (Phi) is 5.80. The molecule has 0 saturated heterocycles. The van der Waals surface area contributed by atoms with Crippen LogP contribution in [0.2, 0.25) is 0 Å². The Morgan fingerprint density at radius 2 is 1.96 bits per heavy atom. The molecule has 0 saturated carbocycles. The summed E-state index contributed by atoms with van der Waals surface area (Å²) >= 11 is 2.86. The zero-order valence-electron chi connectivity index (χ0n) is 15.5. The normalized spacial score (nSPS) is 11.4. The molecule has 2 heterocycles. The minimum Gasteiger partial charge on any atom is -0.444 e. The molecule has 1 N–H and O–H groups in total. The molecule has 28 heavy (non-hydrogen) atoms. The van der Waals surface area contributed by atoms with E-state index in [-0.39, 0.29) is 17.0 Å². The molecule has 10 heteroatoms. The van der Waals surface area contributed by atoms with E-state index < -0.39 is 4.92 Å². The molecule has 0 fully saturated rings. The number of nitrogens with zero attached hydrogens (tertiary/aromatic N) is 3. The van der Waals surface area contributed by atoms with Gasteiger partial charge in [0.15, 0.2) is 5.13 Å². The molecule has 0 radical (unpaired) electrons. The van der Waals surface area contributed by atoms with Crippen molar-refractivity contribution in [3.05, 3.63) is 64.0 Å². The lowest BCUT2D eigenvalue weighted by Crippen LogP contribution is -2.11. The first kappa shape index (κ1) is 20.0. The van der Waals surface area contributed by atoms with Gasteiger partial charge in [0.1, 0.15) is 5.76 Å². The third-order valence-corrected chi connectivity index (χ3v) is 5.77. The van der Waals surface area contributed by atoms with E-state index in [1.54, 1.807) is 12.4 Å². The lowest BCUT2D eigenvalue weighted by Gasteiger charge is -2.12. The van der Waals surface area contributed by atoms with Crippen LogP contribution in [0.1, 0.15) is 42.8 Å². The zero-order chi connectivity index (χ0) is 20.3. The van der Waals surface area contributed by atoms with Crippen LogP contribution in [0, 0.1) is 10.1 Å². The number of anilines is 1. The van der Waals surface area contributed by atoms with Gasteiger partial charge in [-0.3, -0.25) is 20.2 Å². The summed E-state index contributed by atoms with van der Waals surface area (Å²) in [6, 6.07) is 5.40. The third kappa shape index (κ3) is 4.96. The Balaban J connectivity index is 1.57. The van der Waals surface area contributed by atoms with Crippen LogP contribution in [0.15, 0.2) is 45.3 Å². The first-order valence-corrected chi connectivity index (χ1v) is 10.1. The number of benzene rings is 1. The highest BCUT2D eigenvalue weighted by atomic mass is 32.2. The van der Waals surface area contributed by atoms with Crippen LogP contribution in [0.25, 0.3) is 0 Å². The van der Waals surface area contributed by atoms with Crippen LogP contribution in [0.5, 0.6) is 0 Å². The Labute approximate surface area is 169 Å². The Bertz CT molecular complexity index is 990. The maximum atomic E-state index is 12.2. The average molecular weight is 419 g/mol. The van der Waals surface area contributed by atoms with Gasteiger partial charge in [-0.15, -0.1) is 11.8 Å². The van der Waals surface area contributed by atoms with Crippen LogP contribution >= 0.6 is 23.1 Å². The molecule has 2 aromatic heterocycles. The van der Waals surface area contributed by atoms with Crippen molar-refractivity contribution in [2.75, 3.05) is 5.32 Å². The minimum absolute atomic E-state index is 0.0642. The number of rotatable bonds is 6. The van der Waals surface area contributed by atoms with Crippen LogP contribution in [0.4, 0.5) is 10.8 Å². The van der Waals surface area contributed by atoms with Gasteiger partial charge in [0.25, 0.3) is 11.6 Å². The van der Waals surface area contributed by atoms with Gasteiger partial charge in [-0.25, -0.2) is 9.97 Å². The van der Waals surface area contributed by atoms with Crippen molar-refractivity contribution >= 4 is 39.8 Å². The molecular formula is C18H18N4O4S2. The number of carbonyl (C=O) groups is 1. The van der Waals surface area contributed by atoms with Crippen LogP contribution in [-0.4, -0.2) is 20.8 Å². The monoisotopic (exact) mass is 418 g/mol. The SMILES string of the molecule is CC(C)(C)c1cnc(CSc2cnc(NC(=O)c3ccc([N+](=O)[O-])cc3)s2)o1. The Morgan fingerprint density at radius 3 is 2.57 bits per heavy atom. The van der Waals surface area contributed by atoms with Gasteiger partial charge in [0, 0.05) is 23.1 Å². The van der Waals surface area contributed by atoms with Crippen LogP contribution in [-0.2, 0) is 11.2 Å². The first-order valence-electron chi connectivity index (χ1n) is 8.32. The maximum Gasteiger partial charge on any atom is 0.269 e. The number of amides is 1. The van der Waals surface area contributed by atoms with Crippen molar-refractivity contribution in [3.8, 4) is 0 Å². The average Bonchev–Trinajstić information content (AvgIpc) is 3.29. The smallest absolute Gasteiger partial charge is 0.269 e. The number of carbonyl (C=O) groups excluding carboxylic acids is 1. The lowest BCUT2D eigenvalue weighted by atomic mass is 9.94. The summed E-state index contributed by atoms with van der Waals surface area (Å²) in [6.45, 7) is 6.19. The van der Waals surface area contributed by atoms with Crippen LogP contribution < -0.4 is 5.32 Å². The number of oxazole rings is 1. The summed E-state index contributed by atoms with van der Waals surface area (Å²) in [5, 5.41) is 13.8. The fraction of sp³-hybridized carbons (Fsp3) is 0.278. The molecule has 0 atom stereocenters. The van der Waals surface area contributed by atoms with Crippen molar-refractivity contribution in [1.82, 2.24) is 9.97 Å². The molecule has 8 nitrogen and oxygen atoms in total. The second kappa shape index (κ2) is 8.11. The first-order chi connectivity index (χ1) is 13.2. The number of hydrogen-bond donors (Lipinski definition) is 1. The molecule has 3 rings (SSSR count). The summed E-state index contributed by atoms with van der Waals surface area (Å²) in [5.74, 6) is 1.67. The fourth-order valence-corrected chi connectivity index (χ4v) is 3.87. The van der Waals surface area contributed by atoms with Crippen LogP contribution in [0.3, 0.4) is 0 Å². The molecule has 3 aromatic rings. The van der Waals surface area contributed by atoms with Crippen molar-refractivity contribution in [1.29, 1.82) is 0 Å². The fourth-order valence-electron chi connectivity index (χ4n) is 2.14. The standard InChI is InChI=1S/C18H18N4O4S2/c1-18(2,3)13-8-19-14(26-13)10-27-15-9-20-17(28-15)21-16(23)11-4-6-12(7-5-11)22(24)25/h4-9H,10H2,1-3H3,(H,20,21,23). The van der Waals surface area contributed by atoms with Crippen molar-refractivity contribution in [2.45, 2.75) is 36.1 Å². The summed E-state index contributed by atoms with van der Waals surface area (Å²) in [4.78, 5) is 30.9. The molecule has 0 aliphatic heterocycles. The van der Waals surface area contributed by atoms with E-state index in [0.29, 0.717) is 22.3 Å². The van der Waals surface area contributed by atoms with E-state index in [9.17, 15) is 14.9 Å². The van der Waals surface area contributed by atoms with E-state index in [1.165, 1.54) is 47.4 Å². The van der Waals surface area contributed by atoms with Crippen molar-refractivity contribution in [3.63, 3.8) is 0 Å². The molecule has 0 spiro atoms. The van der Waals surface area contributed by atoms with Crippen molar-refractivity contribution < 1.29 is 14.1 Å². The number of nitro groups is 1. The number of non-ortho nitro benzene ring substituents is 1. The van der Waals surface area contributed by atoms with Gasteiger partial charge >= 0.3 is 0 Å². The lowest BCUT2D eigenvalue weighted by molar-refractivity contribution is -0.384. The molecule has 1 amide bonds. The molecule has 0 unspecified atom stereocenters. The van der Waals surface area contributed by atoms with Gasteiger partial charge in [-0.1, -0.05) is 32.1 Å². The largest absolute Gasteiger partial charge is 0.444 e. The predicted molar refractivity (Wildman–Crippen MR) is 108 cm³/mol. The maximum absolute atomic E-state index is 12.2. The van der Waals surface area contributed by atoms with Gasteiger partial charge < -0.3 is 4.42 Å². The van der Waals surface area contributed by atoms with Gasteiger partial charge in [-0.05, 0) is 12.1 Å².